The molecule has 1 aliphatic heterocycles. The van der Waals surface area contributed by atoms with Crippen molar-refractivity contribution >= 4 is 28.8 Å². The average Bonchev–Trinajstić information content (AvgIpc) is 3.81. The summed E-state index contributed by atoms with van der Waals surface area (Å²) in [6.45, 7) is 3.82. The Morgan fingerprint density at radius 1 is 0.962 bits per heavy atom. The highest BCUT2D eigenvalue weighted by atomic mass is 19.1. The van der Waals surface area contributed by atoms with Crippen LogP contribution in [-0.4, -0.2) is 47.7 Å². The van der Waals surface area contributed by atoms with Gasteiger partial charge in [0.15, 0.2) is 23.0 Å². The largest absolute Gasteiger partial charge is 0.485 e. The number of carbonyl (C=O) groups excluding carboxylic acids is 3. The first kappa shape index (κ1) is 34.9. The summed E-state index contributed by atoms with van der Waals surface area (Å²) >= 11 is 0. The molecule has 1 atom stereocenters. The van der Waals surface area contributed by atoms with Gasteiger partial charge in [-0.1, -0.05) is 42.5 Å². The molecule has 1 unspecified atom stereocenters. The maximum absolute atomic E-state index is 13.8. The van der Waals surface area contributed by atoms with Crippen LogP contribution in [-0.2, 0) is 28.0 Å². The van der Waals surface area contributed by atoms with Crippen LogP contribution in [0.3, 0.4) is 0 Å². The van der Waals surface area contributed by atoms with E-state index in [2.05, 4.69) is 15.4 Å². The number of hydrogen-bond donors (Lipinski definition) is 1. The smallest absolute Gasteiger partial charge is 0.260 e. The number of anilines is 1. The molecular formula is C41H37FN6O5. The van der Waals surface area contributed by atoms with Crippen molar-refractivity contribution in [2.24, 2.45) is 7.05 Å². The predicted octanol–water partition coefficient (Wildman–Crippen LogP) is 7.45. The topological polar surface area (TPSA) is 120 Å². The van der Waals surface area contributed by atoms with Crippen molar-refractivity contribution in [3.05, 3.63) is 139 Å². The summed E-state index contributed by atoms with van der Waals surface area (Å²) in [6, 6.07) is 23.7. The van der Waals surface area contributed by atoms with Crippen LogP contribution in [0.5, 0.6) is 17.2 Å². The van der Waals surface area contributed by atoms with E-state index < -0.39 is 23.4 Å². The molecule has 0 saturated heterocycles. The molecule has 11 nitrogen and oxygen atoms in total. The van der Waals surface area contributed by atoms with E-state index >= 15 is 0 Å². The van der Waals surface area contributed by atoms with E-state index in [4.69, 9.17) is 9.47 Å². The van der Waals surface area contributed by atoms with E-state index in [1.165, 1.54) is 23.2 Å². The number of pyridine rings is 1. The molecule has 0 fully saturated rings. The summed E-state index contributed by atoms with van der Waals surface area (Å²) in [7, 11) is 1.89. The van der Waals surface area contributed by atoms with E-state index in [0.717, 1.165) is 22.3 Å². The lowest BCUT2D eigenvalue weighted by Gasteiger charge is -2.30. The Kier molecular flexibility index (Phi) is 9.85. The first-order valence-electron chi connectivity index (χ1n) is 17.2. The standard InChI is InChI=1S/C41H37FN6O5/c1-26(2)47-22-33(36(49)15-14-32(41(47)51)28-9-11-30(42)12-10-28)40(50)45-31-13-16-37(39(20-31)52-24-27-7-5-4-6-8-27)53-38-19-29(34-23-46(3)25-43-34)21-48-35(38)17-18-44-48/h4-13,16-23,25-26,32H,14-15,24H2,1-3H3,(H,45,50)/b33-22+. The number of aromatic nitrogens is 4. The lowest BCUT2D eigenvalue weighted by atomic mass is 9.89. The van der Waals surface area contributed by atoms with Crippen LogP contribution in [0.1, 0.15) is 43.7 Å². The molecule has 2 amide bonds. The molecule has 12 heteroatoms. The molecule has 0 saturated carbocycles. The van der Waals surface area contributed by atoms with E-state index in [1.807, 2.05) is 66.5 Å². The Balaban J connectivity index is 1.19. The van der Waals surface area contributed by atoms with Crippen LogP contribution in [0.15, 0.2) is 122 Å². The second kappa shape index (κ2) is 15.0. The minimum absolute atomic E-state index is 0.0438. The molecule has 0 spiro atoms. The van der Waals surface area contributed by atoms with Gasteiger partial charge in [-0.3, -0.25) is 14.4 Å². The molecule has 0 aliphatic carbocycles. The second-order valence-corrected chi connectivity index (χ2v) is 13.1. The monoisotopic (exact) mass is 712 g/mol. The number of ether oxygens (including phenoxy) is 2. The number of carbonyl (C=O) groups is 3. The summed E-state index contributed by atoms with van der Waals surface area (Å²) < 4.78 is 30.0. The summed E-state index contributed by atoms with van der Waals surface area (Å²) in [5.41, 5.74) is 4.00. The zero-order valence-corrected chi connectivity index (χ0v) is 29.4. The third-order valence-electron chi connectivity index (χ3n) is 8.98. The van der Waals surface area contributed by atoms with Crippen molar-refractivity contribution in [2.45, 2.75) is 45.3 Å². The predicted molar refractivity (Wildman–Crippen MR) is 197 cm³/mol. The third-order valence-corrected chi connectivity index (χ3v) is 8.98. The summed E-state index contributed by atoms with van der Waals surface area (Å²) in [5.74, 6) is -1.20. The molecule has 3 aromatic heterocycles. The zero-order valence-electron chi connectivity index (χ0n) is 29.4. The van der Waals surface area contributed by atoms with Gasteiger partial charge in [0.2, 0.25) is 5.91 Å². The molecule has 1 aliphatic rings. The number of aryl methyl sites for hydroxylation is 1. The molecule has 53 heavy (non-hydrogen) atoms. The number of amides is 2. The van der Waals surface area contributed by atoms with Crippen LogP contribution in [0.2, 0.25) is 0 Å². The number of nitrogens with one attached hydrogen (secondary N) is 1. The van der Waals surface area contributed by atoms with Crippen molar-refractivity contribution < 1.29 is 28.2 Å². The number of nitrogens with zero attached hydrogens (tertiary/aromatic N) is 5. The van der Waals surface area contributed by atoms with E-state index in [9.17, 15) is 18.8 Å². The fraction of sp³-hybridized carbons (Fsp3) is 0.195. The zero-order chi connectivity index (χ0) is 37.1. The Labute approximate surface area is 305 Å². The minimum Gasteiger partial charge on any atom is -0.485 e. The van der Waals surface area contributed by atoms with Crippen molar-refractivity contribution in [3.63, 3.8) is 0 Å². The number of benzene rings is 3. The van der Waals surface area contributed by atoms with Crippen molar-refractivity contribution in [3.8, 4) is 28.5 Å². The fourth-order valence-electron chi connectivity index (χ4n) is 6.20. The normalized spacial score (nSPS) is 15.9. The van der Waals surface area contributed by atoms with Gasteiger partial charge in [0, 0.05) is 55.4 Å². The fourth-order valence-corrected chi connectivity index (χ4v) is 6.20. The number of halogens is 1. The Morgan fingerprint density at radius 3 is 2.49 bits per heavy atom. The molecule has 0 bridgehead atoms. The van der Waals surface area contributed by atoms with Gasteiger partial charge >= 0.3 is 0 Å². The van der Waals surface area contributed by atoms with Crippen LogP contribution in [0.4, 0.5) is 10.1 Å². The maximum Gasteiger partial charge on any atom is 0.260 e. The number of fused-ring (bicyclic) bond motifs is 1. The SMILES string of the molecule is CC(C)N1/C=C(/C(=O)Nc2ccc(Oc3cc(-c4cn(C)cn4)cn4nccc34)c(OCc3ccccc3)c2)C(=O)CCC(c2ccc(F)cc2)C1=O. The highest BCUT2D eigenvalue weighted by Gasteiger charge is 2.33. The molecule has 0 radical (unpaired) electrons. The Morgan fingerprint density at radius 2 is 1.75 bits per heavy atom. The molecule has 6 aromatic rings. The number of rotatable bonds is 10. The van der Waals surface area contributed by atoms with Gasteiger partial charge in [0.1, 0.15) is 17.9 Å². The Bertz CT molecular complexity index is 2330. The molecular weight excluding hydrogens is 675 g/mol. The molecule has 1 N–H and O–H groups in total. The van der Waals surface area contributed by atoms with Crippen LogP contribution in [0.25, 0.3) is 16.8 Å². The first-order valence-corrected chi connectivity index (χ1v) is 17.2. The highest BCUT2D eigenvalue weighted by molar-refractivity contribution is 6.23. The van der Waals surface area contributed by atoms with Crippen molar-refractivity contribution in [2.75, 3.05) is 5.32 Å². The second-order valence-electron chi connectivity index (χ2n) is 13.1. The number of Topliss-reactive ketones (excluding diaryl/α,β-unsaturated/α-hetero) is 1. The van der Waals surface area contributed by atoms with Crippen molar-refractivity contribution in [1.29, 1.82) is 0 Å². The highest BCUT2D eigenvalue weighted by Crippen LogP contribution is 2.38. The van der Waals surface area contributed by atoms with Crippen LogP contribution < -0.4 is 14.8 Å². The third kappa shape index (κ3) is 7.71. The van der Waals surface area contributed by atoms with E-state index in [-0.39, 0.29) is 37.0 Å². The lowest BCUT2D eigenvalue weighted by molar-refractivity contribution is -0.132. The minimum atomic E-state index is -0.666. The van der Waals surface area contributed by atoms with Gasteiger partial charge in [-0.25, -0.2) is 13.9 Å². The number of hydrogen-bond acceptors (Lipinski definition) is 7. The summed E-state index contributed by atoms with van der Waals surface area (Å²) in [6.07, 6.45) is 8.63. The van der Waals surface area contributed by atoms with E-state index in [1.54, 1.807) is 61.2 Å². The van der Waals surface area contributed by atoms with Gasteiger partial charge in [-0.15, -0.1) is 0 Å². The Hall–Kier alpha value is -6.56. The molecule has 268 valence electrons. The van der Waals surface area contributed by atoms with Gasteiger partial charge in [0.05, 0.1) is 29.7 Å². The summed E-state index contributed by atoms with van der Waals surface area (Å²) in [4.78, 5) is 46.9. The first-order chi connectivity index (χ1) is 25.6. The van der Waals surface area contributed by atoms with Crippen LogP contribution >= 0.6 is 0 Å². The maximum atomic E-state index is 13.8. The van der Waals surface area contributed by atoms with Gasteiger partial charge in [-0.05, 0) is 67.8 Å². The average molecular weight is 713 g/mol. The van der Waals surface area contributed by atoms with Gasteiger partial charge in [-0.2, -0.15) is 5.10 Å². The summed E-state index contributed by atoms with van der Waals surface area (Å²) in [5, 5.41) is 7.25. The van der Waals surface area contributed by atoms with Gasteiger partial charge < -0.3 is 24.3 Å². The number of imidazole rings is 1. The molecule has 3 aromatic carbocycles. The number of ketones is 1. The quantitative estimate of drug-likeness (QED) is 0.147. The van der Waals surface area contributed by atoms with E-state index in [0.29, 0.717) is 28.5 Å². The van der Waals surface area contributed by atoms with Gasteiger partial charge in [0.25, 0.3) is 5.91 Å². The van der Waals surface area contributed by atoms with Crippen LogP contribution in [0, 0.1) is 5.82 Å². The lowest BCUT2D eigenvalue weighted by Crippen LogP contribution is -2.39. The van der Waals surface area contributed by atoms with Crippen molar-refractivity contribution in [1.82, 2.24) is 24.1 Å². The molecule has 7 rings (SSSR count). The molecule has 4 heterocycles.